The van der Waals surface area contributed by atoms with Crippen LogP contribution in [0.1, 0.15) is 36.0 Å². The minimum absolute atomic E-state index is 0.729. The Morgan fingerprint density at radius 2 is 2.00 bits per heavy atom. The fourth-order valence-electron chi connectivity index (χ4n) is 2.22. The third kappa shape index (κ3) is 3.30. The van der Waals surface area contributed by atoms with Gasteiger partial charge >= 0.3 is 0 Å². The lowest BCUT2D eigenvalue weighted by Gasteiger charge is -2.03. The number of aromatic nitrogens is 4. The highest BCUT2D eigenvalue weighted by Gasteiger charge is 2.12. The van der Waals surface area contributed by atoms with E-state index >= 15 is 0 Å². The van der Waals surface area contributed by atoms with Crippen LogP contribution in [0, 0.1) is 13.8 Å². The molecule has 0 fully saturated rings. The molecule has 0 aliphatic heterocycles. The molecule has 2 aromatic rings. The predicted octanol–water partition coefficient (Wildman–Crippen LogP) is 2.54. The number of aryl methyl sites for hydroxylation is 3. The Hall–Kier alpha value is -1.14. The zero-order valence-electron chi connectivity index (χ0n) is 12.6. The normalized spacial score (nSPS) is 11.2. The average Bonchev–Trinajstić information content (AvgIpc) is 2.86. The van der Waals surface area contributed by atoms with E-state index in [-0.39, 0.29) is 0 Å². The summed E-state index contributed by atoms with van der Waals surface area (Å²) < 4.78 is 4.96. The van der Waals surface area contributed by atoms with Crippen LogP contribution < -0.4 is 5.32 Å². The second-order valence-electron chi connectivity index (χ2n) is 5.08. The van der Waals surface area contributed by atoms with Crippen molar-refractivity contribution in [3.63, 3.8) is 0 Å². The van der Waals surface area contributed by atoms with Crippen molar-refractivity contribution < 1.29 is 0 Å². The summed E-state index contributed by atoms with van der Waals surface area (Å²) in [5, 5.41) is 12.4. The molecule has 0 radical (unpaired) electrons. The molecule has 110 valence electrons. The van der Waals surface area contributed by atoms with Crippen LogP contribution in [-0.2, 0) is 20.1 Å². The lowest BCUT2D eigenvalue weighted by Crippen LogP contribution is -2.13. The summed E-state index contributed by atoms with van der Waals surface area (Å²) in [4.78, 5) is 0. The first-order valence-corrected chi connectivity index (χ1v) is 7.73. The number of hydrogen-bond donors (Lipinski definition) is 1. The Balaban J connectivity index is 2.12. The van der Waals surface area contributed by atoms with E-state index in [9.17, 15) is 0 Å². The van der Waals surface area contributed by atoms with Crippen molar-refractivity contribution >= 4 is 15.9 Å². The van der Waals surface area contributed by atoms with Crippen molar-refractivity contribution in [2.75, 3.05) is 6.54 Å². The van der Waals surface area contributed by atoms with Crippen molar-refractivity contribution in [2.45, 2.75) is 40.3 Å². The SMILES string of the molecule is CCCNCc1cn(Cc2c(Br)c(C)nn2C)nc1C. The molecule has 6 heteroatoms. The highest BCUT2D eigenvalue weighted by molar-refractivity contribution is 9.10. The molecule has 2 heterocycles. The summed E-state index contributed by atoms with van der Waals surface area (Å²) in [6.07, 6.45) is 3.27. The second kappa shape index (κ2) is 6.54. The number of nitrogens with zero attached hydrogens (tertiary/aromatic N) is 4. The van der Waals surface area contributed by atoms with Crippen LogP contribution in [0.25, 0.3) is 0 Å². The van der Waals surface area contributed by atoms with Crippen LogP contribution in [0.4, 0.5) is 0 Å². The summed E-state index contributed by atoms with van der Waals surface area (Å²) in [7, 11) is 1.97. The van der Waals surface area contributed by atoms with Gasteiger partial charge in [0.05, 0.1) is 28.1 Å². The van der Waals surface area contributed by atoms with Crippen molar-refractivity contribution in [1.29, 1.82) is 0 Å². The van der Waals surface area contributed by atoms with E-state index in [2.05, 4.69) is 51.5 Å². The molecule has 5 nitrogen and oxygen atoms in total. The third-order valence-electron chi connectivity index (χ3n) is 3.36. The number of hydrogen-bond acceptors (Lipinski definition) is 3. The van der Waals surface area contributed by atoms with Crippen LogP contribution in [0.15, 0.2) is 10.7 Å². The molecule has 0 aromatic carbocycles. The van der Waals surface area contributed by atoms with E-state index in [1.54, 1.807) is 0 Å². The number of halogens is 1. The van der Waals surface area contributed by atoms with Gasteiger partial charge in [-0.2, -0.15) is 10.2 Å². The largest absolute Gasteiger partial charge is 0.313 e. The first-order chi connectivity index (χ1) is 9.52. The van der Waals surface area contributed by atoms with Gasteiger partial charge in [0, 0.05) is 25.4 Å². The van der Waals surface area contributed by atoms with Crippen LogP contribution in [0.5, 0.6) is 0 Å². The molecule has 0 aliphatic rings. The molecule has 2 rings (SSSR count). The van der Waals surface area contributed by atoms with E-state index in [0.29, 0.717) is 0 Å². The highest BCUT2D eigenvalue weighted by Crippen LogP contribution is 2.21. The van der Waals surface area contributed by atoms with Gasteiger partial charge < -0.3 is 5.32 Å². The van der Waals surface area contributed by atoms with Gasteiger partial charge in [-0.25, -0.2) is 0 Å². The van der Waals surface area contributed by atoms with Gasteiger partial charge in [0.2, 0.25) is 0 Å². The van der Waals surface area contributed by atoms with Crippen molar-refractivity contribution in [3.05, 3.63) is 33.3 Å². The molecular formula is C14H22BrN5. The van der Waals surface area contributed by atoms with Crippen LogP contribution in [0.3, 0.4) is 0 Å². The molecule has 0 atom stereocenters. The number of nitrogens with one attached hydrogen (secondary N) is 1. The van der Waals surface area contributed by atoms with E-state index < -0.39 is 0 Å². The van der Waals surface area contributed by atoms with Gasteiger partial charge in [-0.15, -0.1) is 0 Å². The first kappa shape index (κ1) is 15.3. The van der Waals surface area contributed by atoms with Gasteiger partial charge in [0.25, 0.3) is 0 Å². The monoisotopic (exact) mass is 339 g/mol. The van der Waals surface area contributed by atoms with E-state index in [4.69, 9.17) is 0 Å². The van der Waals surface area contributed by atoms with Gasteiger partial charge in [0.1, 0.15) is 0 Å². The minimum atomic E-state index is 0.729. The lowest BCUT2D eigenvalue weighted by molar-refractivity contribution is 0.613. The van der Waals surface area contributed by atoms with Crippen LogP contribution >= 0.6 is 15.9 Å². The molecule has 2 aromatic heterocycles. The molecule has 0 saturated carbocycles. The Bertz CT molecular complexity index is 585. The zero-order chi connectivity index (χ0) is 14.7. The summed E-state index contributed by atoms with van der Waals surface area (Å²) in [5.41, 5.74) is 4.49. The summed E-state index contributed by atoms with van der Waals surface area (Å²) in [6, 6.07) is 0. The molecule has 0 bridgehead atoms. The minimum Gasteiger partial charge on any atom is -0.313 e. The third-order valence-corrected chi connectivity index (χ3v) is 4.40. The maximum Gasteiger partial charge on any atom is 0.0839 e. The lowest BCUT2D eigenvalue weighted by atomic mass is 10.2. The topological polar surface area (TPSA) is 47.7 Å². The van der Waals surface area contributed by atoms with Crippen LogP contribution in [-0.4, -0.2) is 26.1 Å². The molecule has 0 amide bonds. The maximum absolute atomic E-state index is 4.59. The molecular weight excluding hydrogens is 318 g/mol. The van der Waals surface area contributed by atoms with Crippen molar-refractivity contribution in [3.8, 4) is 0 Å². The molecule has 0 unspecified atom stereocenters. The summed E-state index contributed by atoms with van der Waals surface area (Å²) in [5.74, 6) is 0. The molecule has 0 aliphatic carbocycles. The Morgan fingerprint density at radius 3 is 2.60 bits per heavy atom. The molecule has 20 heavy (non-hydrogen) atoms. The molecule has 1 N–H and O–H groups in total. The van der Waals surface area contributed by atoms with Crippen LogP contribution in [0.2, 0.25) is 0 Å². The standard InChI is InChI=1S/C14H22BrN5/c1-5-6-16-7-12-8-20(18-10(12)2)9-13-14(15)11(3)17-19(13)4/h8,16H,5-7,9H2,1-4H3. The summed E-state index contributed by atoms with van der Waals surface area (Å²) in [6.45, 7) is 8.88. The fourth-order valence-corrected chi connectivity index (χ4v) is 2.68. The quantitative estimate of drug-likeness (QED) is 0.822. The van der Waals surface area contributed by atoms with Gasteiger partial charge in [0.15, 0.2) is 0 Å². The van der Waals surface area contributed by atoms with E-state index in [0.717, 1.165) is 47.6 Å². The zero-order valence-corrected chi connectivity index (χ0v) is 14.2. The average molecular weight is 340 g/mol. The molecule has 0 spiro atoms. The molecule has 0 saturated heterocycles. The van der Waals surface area contributed by atoms with Gasteiger partial charge in [-0.3, -0.25) is 9.36 Å². The van der Waals surface area contributed by atoms with Crippen molar-refractivity contribution in [2.24, 2.45) is 7.05 Å². The smallest absolute Gasteiger partial charge is 0.0839 e. The second-order valence-corrected chi connectivity index (χ2v) is 5.88. The predicted molar refractivity (Wildman–Crippen MR) is 83.7 cm³/mol. The number of rotatable bonds is 6. The van der Waals surface area contributed by atoms with Crippen molar-refractivity contribution in [1.82, 2.24) is 24.9 Å². The maximum atomic E-state index is 4.59. The van der Waals surface area contributed by atoms with Gasteiger partial charge in [-0.1, -0.05) is 6.92 Å². The summed E-state index contributed by atoms with van der Waals surface area (Å²) >= 11 is 3.60. The fraction of sp³-hybridized carbons (Fsp3) is 0.571. The van der Waals surface area contributed by atoms with E-state index in [1.165, 1.54) is 5.56 Å². The first-order valence-electron chi connectivity index (χ1n) is 6.94. The van der Waals surface area contributed by atoms with Gasteiger partial charge in [-0.05, 0) is 42.7 Å². The van der Waals surface area contributed by atoms with E-state index in [1.807, 2.05) is 23.3 Å². The highest BCUT2D eigenvalue weighted by atomic mass is 79.9. The Labute approximate surface area is 128 Å². The Kier molecular flexibility index (Phi) is 4.99. The Morgan fingerprint density at radius 1 is 1.25 bits per heavy atom.